The summed E-state index contributed by atoms with van der Waals surface area (Å²) in [6, 6.07) is 14.7. The Morgan fingerprint density at radius 2 is 1.90 bits per heavy atom. The summed E-state index contributed by atoms with van der Waals surface area (Å²) >= 11 is 0. The maximum Gasteiger partial charge on any atom is 0.205 e. The molecule has 4 rings (SSSR count). The van der Waals surface area contributed by atoms with Crippen molar-refractivity contribution in [3.8, 4) is 6.07 Å². The maximum absolute atomic E-state index is 14.0. The van der Waals surface area contributed by atoms with Crippen LogP contribution in [0, 0.1) is 23.0 Å². The Hall–Kier alpha value is -3.43. The summed E-state index contributed by atoms with van der Waals surface area (Å²) in [4.78, 5) is 2.25. The highest BCUT2D eigenvalue weighted by Crippen LogP contribution is 2.43. The Morgan fingerprint density at radius 3 is 2.58 bits per heavy atom. The minimum absolute atomic E-state index is 0.0181. The van der Waals surface area contributed by atoms with Gasteiger partial charge in [-0.15, -0.1) is 0 Å². The van der Waals surface area contributed by atoms with Gasteiger partial charge in [0.05, 0.1) is 5.92 Å². The first-order valence-corrected chi connectivity index (χ1v) is 10.2. The van der Waals surface area contributed by atoms with Gasteiger partial charge in [-0.05, 0) is 60.0 Å². The molecular weight excluding hydrogens is 396 g/mol. The SMILES string of the molecule is CCCN1CC2=C(OC(N)=C(C#N)[C@@H]2c2cccc(F)c2)/C(=C\c2cccc(F)c2)C1. The van der Waals surface area contributed by atoms with Crippen LogP contribution in [0.3, 0.4) is 0 Å². The number of rotatable bonds is 4. The van der Waals surface area contributed by atoms with Crippen LogP contribution in [0.4, 0.5) is 8.78 Å². The van der Waals surface area contributed by atoms with E-state index in [1.54, 1.807) is 18.2 Å². The molecule has 0 saturated heterocycles. The number of hydrogen-bond acceptors (Lipinski definition) is 4. The van der Waals surface area contributed by atoms with Gasteiger partial charge in [-0.1, -0.05) is 31.2 Å². The standard InChI is InChI=1S/C25H23F2N3O/c1-2-9-30-14-18(10-16-5-3-7-19(26)11-16)24-22(15-30)23(21(13-28)25(29)31-24)17-6-4-8-20(27)12-17/h3-8,10-12,23H,2,9,14-15,29H2,1H3/b18-10-/t23-/m0/s1. The van der Waals surface area contributed by atoms with Crippen molar-refractivity contribution in [2.24, 2.45) is 5.73 Å². The molecule has 2 N–H and O–H groups in total. The van der Waals surface area contributed by atoms with Gasteiger partial charge in [0, 0.05) is 18.7 Å². The van der Waals surface area contributed by atoms with Crippen molar-refractivity contribution in [2.75, 3.05) is 19.6 Å². The highest BCUT2D eigenvalue weighted by atomic mass is 19.1. The summed E-state index contributed by atoms with van der Waals surface area (Å²) in [5.74, 6) is -0.594. The molecule has 0 radical (unpaired) electrons. The lowest BCUT2D eigenvalue weighted by molar-refractivity contribution is 0.234. The summed E-state index contributed by atoms with van der Waals surface area (Å²) in [5.41, 5.74) is 9.48. The molecule has 158 valence electrons. The molecule has 2 aliphatic heterocycles. The third-order valence-electron chi connectivity index (χ3n) is 5.52. The lowest BCUT2D eigenvalue weighted by Crippen LogP contribution is -2.38. The van der Waals surface area contributed by atoms with Crippen LogP contribution >= 0.6 is 0 Å². The minimum atomic E-state index is -0.500. The van der Waals surface area contributed by atoms with Crippen molar-refractivity contribution in [3.63, 3.8) is 0 Å². The predicted octanol–water partition coefficient (Wildman–Crippen LogP) is 4.84. The zero-order chi connectivity index (χ0) is 22.0. The van der Waals surface area contributed by atoms with Crippen molar-refractivity contribution in [1.29, 1.82) is 5.26 Å². The molecule has 0 spiro atoms. The molecule has 0 amide bonds. The number of ether oxygens (including phenoxy) is 1. The molecule has 0 bridgehead atoms. The van der Waals surface area contributed by atoms with E-state index in [1.807, 2.05) is 12.1 Å². The molecule has 0 unspecified atom stereocenters. The Balaban J connectivity index is 1.88. The van der Waals surface area contributed by atoms with Crippen LogP contribution in [0.15, 0.2) is 76.9 Å². The molecule has 2 aromatic carbocycles. The number of benzene rings is 2. The first-order valence-electron chi connectivity index (χ1n) is 10.2. The topological polar surface area (TPSA) is 62.3 Å². The Kier molecular flexibility index (Phi) is 5.88. The summed E-state index contributed by atoms with van der Waals surface area (Å²) < 4.78 is 33.7. The van der Waals surface area contributed by atoms with Gasteiger partial charge in [-0.2, -0.15) is 5.26 Å². The van der Waals surface area contributed by atoms with Crippen molar-refractivity contribution in [3.05, 3.63) is 99.7 Å². The average Bonchev–Trinajstić information content (AvgIpc) is 2.73. The molecule has 4 nitrogen and oxygen atoms in total. The van der Waals surface area contributed by atoms with E-state index >= 15 is 0 Å². The molecule has 1 atom stereocenters. The van der Waals surface area contributed by atoms with Crippen LogP contribution in [0.2, 0.25) is 0 Å². The maximum atomic E-state index is 14.0. The smallest absolute Gasteiger partial charge is 0.205 e. The van der Waals surface area contributed by atoms with E-state index in [-0.39, 0.29) is 23.1 Å². The number of nitrogens with zero attached hydrogens (tertiary/aromatic N) is 2. The highest BCUT2D eigenvalue weighted by molar-refractivity contribution is 5.63. The number of allylic oxidation sites excluding steroid dienone is 1. The number of hydrogen-bond donors (Lipinski definition) is 1. The molecular formula is C25H23F2N3O. The molecule has 0 aliphatic carbocycles. The fraction of sp³-hybridized carbons (Fsp3) is 0.240. The lowest BCUT2D eigenvalue weighted by atomic mass is 9.80. The third-order valence-corrected chi connectivity index (χ3v) is 5.52. The Morgan fingerprint density at radius 1 is 1.16 bits per heavy atom. The van der Waals surface area contributed by atoms with Crippen molar-refractivity contribution < 1.29 is 13.5 Å². The lowest BCUT2D eigenvalue weighted by Gasteiger charge is -2.38. The van der Waals surface area contributed by atoms with Crippen LogP contribution in [-0.2, 0) is 4.74 Å². The zero-order valence-electron chi connectivity index (χ0n) is 17.2. The molecule has 6 heteroatoms. The van der Waals surface area contributed by atoms with Crippen molar-refractivity contribution in [2.45, 2.75) is 19.3 Å². The second kappa shape index (κ2) is 8.75. The zero-order valence-corrected chi connectivity index (χ0v) is 17.2. The predicted molar refractivity (Wildman–Crippen MR) is 115 cm³/mol. The molecule has 2 aromatic rings. The third kappa shape index (κ3) is 4.23. The molecule has 0 fully saturated rings. The van der Waals surface area contributed by atoms with Crippen molar-refractivity contribution in [1.82, 2.24) is 4.90 Å². The van der Waals surface area contributed by atoms with Gasteiger partial charge >= 0.3 is 0 Å². The van der Waals surface area contributed by atoms with Gasteiger partial charge in [-0.25, -0.2) is 8.78 Å². The monoisotopic (exact) mass is 419 g/mol. The van der Waals surface area contributed by atoms with E-state index < -0.39 is 5.92 Å². The summed E-state index contributed by atoms with van der Waals surface area (Å²) in [6.07, 6.45) is 2.83. The molecule has 0 aromatic heterocycles. The molecule has 2 heterocycles. The number of nitriles is 1. The van der Waals surface area contributed by atoms with E-state index in [0.29, 0.717) is 30.0 Å². The Bertz CT molecular complexity index is 1140. The molecule has 2 aliphatic rings. The average molecular weight is 419 g/mol. The van der Waals surface area contributed by atoms with Gasteiger partial charge in [0.15, 0.2) is 0 Å². The van der Waals surface area contributed by atoms with Crippen LogP contribution in [0.1, 0.15) is 30.4 Å². The van der Waals surface area contributed by atoms with Gasteiger partial charge in [0.2, 0.25) is 5.88 Å². The first-order chi connectivity index (χ1) is 15.0. The summed E-state index contributed by atoms with van der Waals surface area (Å²) in [7, 11) is 0. The van der Waals surface area contributed by atoms with Crippen LogP contribution in [-0.4, -0.2) is 24.5 Å². The fourth-order valence-corrected chi connectivity index (χ4v) is 4.28. The summed E-state index contributed by atoms with van der Waals surface area (Å²) in [5, 5.41) is 9.80. The van der Waals surface area contributed by atoms with E-state index in [2.05, 4.69) is 17.9 Å². The van der Waals surface area contributed by atoms with Crippen LogP contribution in [0.5, 0.6) is 0 Å². The van der Waals surface area contributed by atoms with Crippen LogP contribution in [0.25, 0.3) is 6.08 Å². The van der Waals surface area contributed by atoms with E-state index in [4.69, 9.17) is 10.5 Å². The molecule has 0 saturated carbocycles. The Labute approximate surface area is 180 Å². The van der Waals surface area contributed by atoms with Crippen molar-refractivity contribution >= 4 is 6.08 Å². The minimum Gasteiger partial charge on any atom is -0.440 e. The fourth-order valence-electron chi connectivity index (χ4n) is 4.28. The van der Waals surface area contributed by atoms with Gasteiger partial charge < -0.3 is 10.5 Å². The normalized spacial score (nSPS) is 20.5. The molecule has 31 heavy (non-hydrogen) atoms. The summed E-state index contributed by atoms with van der Waals surface area (Å²) in [6.45, 7) is 4.12. The number of nitrogens with two attached hydrogens (primary N) is 1. The van der Waals surface area contributed by atoms with E-state index in [1.165, 1.54) is 24.3 Å². The van der Waals surface area contributed by atoms with Gasteiger partial charge in [0.1, 0.15) is 29.0 Å². The highest BCUT2D eigenvalue weighted by Gasteiger charge is 2.37. The largest absolute Gasteiger partial charge is 0.440 e. The van der Waals surface area contributed by atoms with E-state index in [9.17, 15) is 14.0 Å². The van der Waals surface area contributed by atoms with E-state index in [0.717, 1.165) is 24.1 Å². The first kappa shape index (κ1) is 20.8. The number of halogens is 2. The quantitative estimate of drug-likeness (QED) is 0.771. The second-order valence-corrected chi connectivity index (χ2v) is 7.77. The van der Waals surface area contributed by atoms with Gasteiger partial charge in [0.25, 0.3) is 0 Å². The second-order valence-electron chi connectivity index (χ2n) is 7.77. The van der Waals surface area contributed by atoms with Crippen LogP contribution < -0.4 is 5.73 Å². The van der Waals surface area contributed by atoms with Gasteiger partial charge in [-0.3, -0.25) is 4.90 Å².